The van der Waals surface area contributed by atoms with Crippen LogP contribution in [0.4, 0.5) is 10.1 Å². The third-order valence-electron chi connectivity index (χ3n) is 1.60. The van der Waals surface area contributed by atoms with Crippen LogP contribution < -0.4 is 5.73 Å². The molecule has 4 heteroatoms. The molecule has 1 aromatic carbocycles. The molecular weight excluding hydrogens is 241 g/mol. The molecular formula is C8H5BrFNS. The van der Waals surface area contributed by atoms with Crippen LogP contribution in [0.3, 0.4) is 0 Å². The highest BCUT2D eigenvalue weighted by molar-refractivity contribution is 9.10. The monoisotopic (exact) mass is 245 g/mol. The third kappa shape index (κ3) is 1.21. The number of hydrogen-bond acceptors (Lipinski definition) is 2. The second-order valence-corrected chi connectivity index (χ2v) is 4.41. The van der Waals surface area contributed by atoms with Crippen molar-refractivity contribution < 1.29 is 4.39 Å². The van der Waals surface area contributed by atoms with Crippen molar-refractivity contribution in [2.24, 2.45) is 0 Å². The molecule has 0 atom stereocenters. The molecule has 0 radical (unpaired) electrons. The van der Waals surface area contributed by atoms with Crippen molar-refractivity contribution in [2.75, 3.05) is 5.73 Å². The van der Waals surface area contributed by atoms with Crippen molar-refractivity contribution >= 4 is 43.0 Å². The number of anilines is 1. The van der Waals surface area contributed by atoms with Crippen LogP contribution >= 0.6 is 27.3 Å². The summed E-state index contributed by atoms with van der Waals surface area (Å²) < 4.78 is 14.5. The Kier molecular flexibility index (Phi) is 1.81. The van der Waals surface area contributed by atoms with Gasteiger partial charge in [-0.2, -0.15) is 4.39 Å². The first kappa shape index (κ1) is 8.01. The molecule has 12 heavy (non-hydrogen) atoms. The average molecular weight is 246 g/mol. The van der Waals surface area contributed by atoms with Gasteiger partial charge in [0.05, 0.1) is 0 Å². The predicted molar refractivity (Wildman–Crippen MR) is 53.9 cm³/mol. The van der Waals surface area contributed by atoms with E-state index in [1.54, 1.807) is 6.07 Å². The number of halogens is 2. The van der Waals surface area contributed by atoms with E-state index in [0.717, 1.165) is 25.9 Å². The van der Waals surface area contributed by atoms with Gasteiger partial charge >= 0.3 is 0 Å². The molecule has 0 spiro atoms. The van der Waals surface area contributed by atoms with Gasteiger partial charge in [-0.1, -0.05) is 15.9 Å². The van der Waals surface area contributed by atoms with Crippen LogP contribution in [0.2, 0.25) is 0 Å². The fourth-order valence-corrected chi connectivity index (χ4v) is 2.59. The van der Waals surface area contributed by atoms with E-state index < -0.39 is 0 Å². The van der Waals surface area contributed by atoms with Crippen molar-refractivity contribution in [3.05, 3.63) is 27.8 Å². The zero-order valence-electron chi connectivity index (χ0n) is 5.97. The van der Waals surface area contributed by atoms with E-state index in [-0.39, 0.29) is 5.13 Å². The molecule has 2 aromatic rings. The molecule has 0 saturated heterocycles. The molecule has 0 aliphatic rings. The lowest BCUT2D eigenvalue weighted by molar-refractivity contribution is 0.658. The maximum atomic E-state index is 12.8. The van der Waals surface area contributed by atoms with Crippen LogP contribution in [0.5, 0.6) is 0 Å². The molecule has 62 valence electrons. The molecule has 0 unspecified atom stereocenters. The first-order valence-electron chi connectivity index (χ1n) is 3.31. The van der Waals surface area contributed by atoms with Gasteiger partial charge < -0.3 is 5.73 Å². The lowest BCUT2D eigenvalue weighted by atomic mass is 10.2. The van der Waals surface area contributed by atoms with Gasteiger partial charge in [0.2, 0.25) is 0 Å². The molecule has 0 aliphatic carbocycles. The van der Waals surface area contributed by atoms with Crippen LogP contribution in [0.25, 0.3) is 10.1 Å². The number of hydrogen-bond donors (Lipinski definition) is 1. The molecule has 0 fully saturated rings. The Balaban J connectivity index is 2.88. The van der Waals surface area contributed by atoms with Crippen molar-refractivity contribution in [2.45, 2.75) is 0 Å². The zero-order chi connectivity index (χ0) is 8.72. The molecule has 1 aromatic heterocycles. The minimum atomic E-state index is -0.199. The van der Waals surface area contributed by atoms with Crippen LogP contribution in [-0.4, -0.2) is 0 Å². The summed E-state index contributed by atoms with van der Waals surface area (Å²) in [6, 6.07) is 5.09. The summed E-state index contributed by atoms with van der Waals surface area (Å²) in [4.78, 5) is 0. The van der Waals surface area contributed by atoms with Gasteiger partial charge in [0, 0.05) is 20.2 Å². The Bertz CT molecular complexity index is 438. The summed E-state index contributed by atoms with van der Waals surface area (Å²) in [5.41, 5.74) is 6.29. The van der Waals surface area contributed by atoms with Gasteiger partial charge in [-0.05, 0) is 18.2 Å². The minimum Gasteiger partial charge on any atom is -0.398 e. The normalized spacial score (nSPS) is 10.8. The highest BCUT2D eigenvalue weighted by atomic mass is 79.9. The van der Waals surface area contributed by atoms with Gasteiger partial charge in [0.1, 0.15) is 0 Å². The largest absolute Gasteiger partial charge is 0.398 e. The highest BCUT2D eigenvalue weighted by Crippen LogP contribution is 2.31. The van der Waals surface area contributed by atoms with Crippen molar-refractivity contribution in [3.8, 4) is 0 Å². The second-order valence-electron chi connectivity index (χ2n) is 2.46. The van der Waals surface area contributed by atoms with Gasteiger partial charge in [-0.15, -0.1) is 11.3 Å². The van der Waals surface area contributed by atoms with E-state index in [2.05, 4.69) is 15.9 Å². The molecule has 2 N–H and O–H groups in total. The highest BCUT2D eigenvalue weighted by Gasteiger charge is 2.04. The fraction of sp³-hybridized carbons (Fsp3) is 0. The van der Waals surface area contributed by atoms with Crippen molar-refractivity contribution in [1.29, 1.82) is 0 Å². The summed E-state index contributed by atoms with van der Waals surface area (Å²) >= 11 is 4.40. The van der Waals surface area contributed by atoms with E-state index in [9.17, 15) is 4.39 Å². The molecule has 2 rings (SSSR count). The van der Waals surface area contributed by atoms with Gasteiger partial charge in [-0.3, -0.25) is 0 Å². The summed E-state index contributed by atoms with van der Waals surface area (Å²) in [6.45, 7) is 0. The maximum absolute atomic E-state index is 12.8. The topological polar surface area (TPSA) is 26.0 Å². The van der Waals surface area contributed by atoms with Crippen LogP contribution in [0, 0.1) is 5.13 Å². The number of rotatable bonds is 0. The summed E-state index contributed by atoms with van der Waals surface area (Å²) in [5, 5.41) is 0.593. The predicted octanol–water partition coefficient (Wildman–Crippen LogP) is 3.39. The molecule has 1 heterocycles. The van der Waals surface area contributed by atoms with E-state index in [1.165, 1.54) is 6.07 Å². The second kappa shape index (κ2) is 2.71. The van der Waals surface area contributed by atoms with E-state index >= 15 is 0 Å². The maximum Gasteiger partial charge on any atom is 0.177 e. The number of nitrogen functional groups attached to an aromatic ring is 1. The van der Waals surface area contributed by atoms with Gasteiger partial charge in [0.15, 0.2) is 5.13 Å². The Morgan fingerprint density at radius 1 is 1.33 bits per heavy atom. The van der Waals surface area contributed by atoms with Gasteiger partial charge in [-0.25, -0.2) is 0 Å². The first-order chi connectivity index (χ1) is 5.66. The number of benzene rings is 1. The van der Waals surface area contributed by atoms with Gasteiger partial charge in [0.25, 0.3) is 0 Å². The lowest BCUT2D eigenvalue weighted by Crippen LogP contribution is -1.83. The van der Waals surface area contributed by atoms with E-state index in [1.807, 2.05) is 6.07 Å². The molecule has 0 amide bonds. The fourth-order valence-electron chi connectivity index (χ4n) is 1.10. The summed E-state index contributed by atoms with van der Waals surface area (Å²) in [7, 11) is 0. The third-order valence-corrected chi connectivity index (χ3v) is 2.93. The van der Waals surface area contributed by atoms with Crippen LogP contribution in [0.1, 0.15) is 0 Å². The summed E-state index contributed by atoms with van der Waals surface area (Å²) in [5.74, 6) is 0. The molecule has 0 bridgehead atoms. The number of nitrogens with two attached hydrogens (primary N) is 1. The van der Waals surface area contributed by atoms with E-state index in [4.69, 9.17) is 5.73 Å². The lowest BCUT2D eigenvalue weighted by Gasteiger charge is -1.95. The Labute approximate surface area is 81.1 Å². The average Bonchev–Trinajstić information content (AvgIpc) is 2.29. The summed E-state index contributed by atoms with van der Waals surface area (Å²) in [6.07, 6.45) is 0. The Morgan fingerprint density at radius 3 is 2.83 bits per heavy atom. The quantitative estimate of drug-likeness (QED) is 0.708. The SMILES string of the molecule is Nc1cc(Br)cc2sc(F)cc12. The smallest absolute Gasteiger partial charge is 0.177 e. The standard InChI is InChI=1S/C8H5BrFNS/c9-4-1-6(11)5-3-8(10)12-7(5)2-4/h1-3H,11H2. The van der Waals surface area contributed by atoms with Crippen LogP contribution in [0.15, 0.2) is 22.7 Å². The Morgan fingerprint density at radius 2 is 2.08 bits per heavy atom. The Hall–Kier alpha value is -0.610. The first-order valence-corrected chi connectivity index (χ1v) is 4.92. The molecule has 0 aliphatic heterocycles. The molecule has 1 nitrogen and oxygen atoms in total. The van der Waals surface area contributed by atoms with Crippen molar-refractivity contribution in [1.82, 2.24) is 0 Å². The van der Waals surface area contributed by atoms with Crippen LogP contribution in [-0.2, 0) is 0 Å². The minimum absolute atomic E-state index is 0.199. The number of thiophene rings is 1. The number of fused-ring (bicyclic) bond motifs is 1. The van der Waals surface area contributed by atoms with E-state index in [0.29, 0.717) is 5.69 Å². The molecule has 0 saturated carbocycles. The zero-order valence-corrected chi connectivity index (χ0v) is 8.38. The van der Waals surface area contributed by atoms with Crippen molar-refractivity contribution in [3.63, 3.8) is 0 Å².